The van der Waals surface area contributed by atoms with E-state index in [1.807, 2.05) is 13.0 Å². The van der Waals surface area contributed by atoms with Crippen molar-refractivity contribution in [2.24, 2.45) is 0 Å². The van der Waals surface area contributed by atoms with Crippen molar-refractivity contribution in [1.29, 1.82) is 0 Å². The molecule has 0 amide bonds. The molecule has 0 spiro atoms. The molecule has 0 saturated carbocycles. The normalized spacial score (nSPS) is 10.3. The van der Waals surface area contributed by atoms with Gasteiger partial charge in [0.25, 0.3) is 0 Å². The second-order valence-corrected chi connectivity index (χ2v) is 2.96. The third-order valence-electron chi connectivity index (χ3n) is 1.62. The third kappa shape index (κ3) is 2.22. The lowest BCUT2D eigenvalue weighted by Crippen LogP contribution is -1.95. The molecule has 1 aromatic rings. The van der Waals surface area contributed by atoms with Gasteiger partial charge < -0.3 is 4.74 Å². The van der Waals surface area contributed by atoms with Crippen LogP contribution in [0, 0.1) is 6.20 Å². The molecule has 0 bridgehead atoms. The van der Waals surface area contributed by atoms with E-state index in [2.05, 4.69) is 25.0 Å². The van der Waals surface area contributed by atoms with Crippen LogP contribution in [-0.4, -0.2) is 11.6 Å². The van der Waals surface area contributed by atoms with Gasteiger partial charge in [-0.1, -0.05) is 13.8 Å². The summed E-state index contributed by atoms with van der Waals surface area (Å²) in [7, 11) is 0. The van der Waals surface area contributed by atoms with Crippen LogP contribution in [0.5, 0.6) is 5.75 Å². The number of aromatic nitrogens is 1. The van der Waals surface area contributed by atoms with E-state index in [4.69, 9.17) is 4.74 Å². The van der Waals surface area contributed by atoms with Crippen LogP contribution in [0.2, 0.25) is 0 Å². The highest BCUT2D eigenvalue weighted by Crippen LogP contribution is 2.17. The first-order chi connectivity index (χ1) is 5.74. The second-order valence-electron chi connectivity index (χ2n) is 2.96. The van der Waals surface area contributed by atoms with E-state index in [0.717, 1.165) is 11.3 Å². The number of pyridine rings is 1. The Kier molecular flexibility index (Phi) is 3.09. The zero-order valence-electron chi connectivity index (χ0n) is 7.79. The highest BCUT2D eigenvalue weighted by Gasteiger charge is 2.01. The van der Waals surface area contributed by atoms with Crippen LogP contribution in [0.25, 0.3) is 0 Å². The average Bonchev–Trinajstić information content (AvgIpc) is 2.05. The molecule has 1 rings (SSSR count). The molecule has 0 unspecified atom stereocenters. The van der Waals surface area contributed by atoms with Crippen molar-refractivity contribution in [2.75, 3.05) is 6.61 Å². The lowest BCUT2D eigenvalue weighted by molar-refractivity contribution is 0.338. The molecule has 0 atom stereocenters. The largest absolute Gasteiger partial charge is 0.492 e. The lowest BCUT2D eigenvalue weighted by Gasteiger charge is -2.06. The molecule has 1 heterocycles. The molecule has 2 heteroatoms. The van der Waals surface area contributed by atoms with Crippen LogP contribution in [0.4, 0.5) is 0 Å². The summed E-state index contributed by atoms with van der Waals surface area (Å²) in [5, 5.41) is 0. The first-order valence-electron chi connectivity index (χ1n) is 4.24. The maximum atomic E-state index is 5.31. The SMILES string of the molecule is CCOc1cn[c]c(C(C)C)c1. The summed E-state index contributed by atoms with van der Waals surface area (Å²) in [6.07, 6.45) is 4.63. The summed E-state index contributed by atoms with van der Waals surface area (Å²) in [6.45, 7) is 6.88. The standard InChI is InChI=1S/C10H14NO/c1-4-12-10-5-9(8(2)3)6-11-7-10/h5,7-8H,4H2,1-3H3. The number of hydrogen-bond donors (Lipinski definition) is 0. The molecule has 65 valence electrons. The Bertz CT molecular complexity index is 245. The van der Waals surface area contributed by atoms with Crippen molar-refractivity contribution < 1.29 is 4.74 Å². The summed E-state index contributed by atoms with van der Waals surface area (Å²) < 4.78 is 5.31. The van der Waals surface area contributed by atoms with Gasteiger partial charge >= 0.3 is 0 Å². The fraction of sp³-hybridized carbons (Fsp3) is 0.500. The van der Waals surface area contributed by atoms with E-state index in [9.17, 15) is 0 Å². The predicted molar refractivity (Wildman–Crippen MR) is 48.3 cm³/mol. The minimum absolute atomic E-state index is 0.456. The highest BCUT2D eigenvalue weighted by molar-refractivity contribution is 5.24. The second kappa shape index (κ2) is 4.10. The van der Waals surface area contributed by atoms with Crippen molar-refractivity contribution in [3.8, 4) is 5.75 Å². The molecule has 1 aromatic heterocycles. The molecule has 0 N–H and O–H groups in total. The zero-order chi connectivity index (χ0) is 8.97. The van der Waals surface area contributed by atoms with Gasteiger partial charge in [0.15, 0.2) is 0 Å². The Morgan fingerprint density at radius 1 is 1.58 bits per heavy atom. The van der Waals surface area contributed by atoms with E-state index in [0.29, 0.717) is 12.5 Å². The first-order valence-corrected chi connectivity index (χ1v) is 4.24. The van der Waals surface area contributed by atoms with Crippen molar-refractivity contribution in [3.05, 3.63) is 24.0 Å². The van der Waals surface area contributed by atoms with E-state index >= 15 is 0 Å². The van der Waals surface area contributed by atoms with Crippen LogP contribution in [0.1, 0.15) is 32.3 Å². The molecule has 0 aromatic carbocycles. The molecular formula is C10H14NO. The third-order valence-corrected chi connectivity index (χ3v) is 1.62. The van der Waals surface area contributed by atoms with Gasteiger partial charge in [-0.2, -0.15) is 0 Å². The Morgan fingerprint density at radius 3 is 2.92 bits per heavy atom. The smallest absolute Gasteiger partial charge is 0.137 e. The summed E-state index contributed by atoms with van der Waals surface area (Å²) in [6, 6.07) is 1.99. The summed E-state index contributed by atoms with van der Waals surface area (Å²) in [4.78, 5) is 3.97. The number of hydrogen-bond acceptors (Lipinski definition) is 2. The first kappa shape index (κ1) is 9.04. The molecule has 0 aliphatic rings. The molecular weight excluding hydrogens is 150 g/mol. The van der Waals surface area contributed by atoms with E-state index in [1.165, 1.54) is 0 Å². The molecule has 1 radical (unpaired) electrons. The Hall–Kier alpha value is -1.05. The van der Waals surface area contributed by atoms with Crippen molar-refractivity contribution in [1.82, 2.24) is 4.98 Å². The van der Waals surface area contributed by atoms with Gasteiger partial charge in [0.2, 0.25) is 0 Å². The Balaban J connectivity index is 2.81. The van der Waals surface area contributed by atoms with Gasteiger partial charge in [-0.3, -0.25) is 4.98 Å². The van der Waals surface area contributed by atoms with Gasteiger partial charge in [0.1, 0.15) is 5.75 Å². The molecule has 2 nitrogen and oxygen atoms in total. The lowest BCUT2D eigenvalue weighted by atomic mass is 10.1. The van der Waals surface area contributed by atoms with Gasteiger partial charge in [0, 0.05) is 0 Å². The van der Waals surface area contributed by atoms with E-state index in [-0.39, 0.29) is 0 Å². The van der Waals surface area contributed by atoms with Crippen LogP contribution in [0.15, 0.2) is 12.3 Å². The van der Waals surface area contributed by atoms with E-state index < -0.39 is 0 Å². The van der Waals surface area contributed by atoms with Gasteiger partial charge in [-0.25, -0.2) is 0 Å². The van der Waals surface area contributed by atoms with Gasteiger partial charge in [-0.05, 0) is 24.5 Å². The maximum Gasteiger partial charge on any atom is 0.137 e. The number of nitrogens with zero attached hydrogens (tertiary/aromatic N) is 1. The summed E-state index contributed by atoms with van der Waals surface area (Å²) >= 11 is 0. The number of ether oxygens (including phenoxy) is 1. The topological polar surface area (TPSA) is 22.1 Å². The summed E-state index contributed by atoms with van der Waals surface area (Å²) in [5.41, 5.74) is 1.10. The van der Waals surface area contributed by atoms with Crippen molar-refractivity contribution in [2.45, 2.75) is 26.7 Å². The van der Waals surface area contributed by atoms with E-state index in [1.54, 1.807) is 6.20 Å². The van der Waals surface area contributed by atoms with Crippen LogP contribution < -0.4 is 4.74 Å². The number of rotatable bonds is 3. The molecule has 0 saturated heterocycles. The molecule has 0 aliphatic heterocycles. The van der Waals surface area contributed by atoms with Crippen molar-refractivity contribution in [3.63, 3.8) is 0 Å². The van der Waals surface area contributed by atoms with Gasteiger partial charge in [0.05, 0.1) is 19.0 Å². The predicted octanol–water partition coefficient (Wildman–Crippen LogP) is 2.40. The fourth-order valence-corrected chi connectivity index (χ4v) is 0.935. The highest BCUT2D eigenvalue weighted by atomic mass is 16.5. The minimum Gasteiger partial charge on any atom is -0.492 e. The Morgan fingerprint density at radius 2 is 2.33 bits per heavy atom. The van der Waals surface area contributed by atoms with Crippen LogP contribution in [0.3, 0.4) is 0 Å². The molecule has 0 fully saturated rings. The van der Waals surface area contributed by atoms with Crippen LogP contribution in [-0.2, 0) is 0 Å². The monoisotopic (exact) mass is 164 g/mol. The maximum absolute atomic E-state index is 5.31. The average molecular weight is 164 g/mol. The van der Waals surface area contributed by atoms with Crippen molar-refractivity contribution >= 4 is 0 Å². The molecule has 12 heavy (non-hydrogen) atoms. The summed E-state index contributed by atoms with van der Waals surface area (Å²) in [5.74, 6) is 1.29. The molecule has 0 aliphatic carbocycles. The van der Waals surface area contributed by atoms with Crippen LogP contribution >= 0.6 is 0 Å². The fourth-order valence-electron chi connectivity index (χ4n) is 0.935. The van der Waals surface area contributed by atoms with Gasteiger partial charge in [-0.15, -0.1) is 0 Å². The zero-order valence-corrected chi connectivity index (χ0v) is 7.79. The Labute approximate surface area is 73.6 Å². The quantitative estimate of drug-likeness (QED) is 0.684. The minimum atomic E-state index is 0.456.